The number of hydrogen-bond donors (Lipinski definition) is 2. The van der Waals surface area contributed by atoms with E-state index in [1.54, 1.807) is 11.3 Å². The second kappa shape index (κ2) is 6.25. The summed E-state index contributed by atoms with van der Waals surface area (Å²) in [4.78, 5) is 4.47. The minimum Gasteiger partial charge on any atom is -0.394 e. The third-order valence-corrected chi connectivity index (χ3v) is 5.01. The molecule has 1 fully saturated rings. The van der Waals surface area contributed by atoms with Gasteiger partial charge in [-0.05, 0) is 32.6 Å². The van der Waals surface area contributed by atoms with E-state index in [0.717, 1.165) is 23.9 Å². The molecule has 6 heteroatoms. The molecule has 2 aromatic heterocycles. The van der Waals surface area contributed by atoms with Crippen LogP contribution in [0.5, 0.6) is 0 Å². The molecule has 1 aliphatic rings. The zero-order valence-electron chi connectivity index (χ0n) is 12.5. The summed E-state index contributed by atoms with van der Waals surface area (Å²) in [5, 5.41) is 20.5. The number of rotatable bonds is 7. The van der Waals surface area contributed by atoms with Gasteiger partial charge in [0.05, 0.1) is 24.9 Å². The fraction of sp³-hybridized carbons (Fsp3) is 0.600. The number of aliphatic hydroxyl groups excluding tert-OH is 1. The van der Waals surface area contributed by atoms with E-state index in [1.165, 1.54) is 23.4 Å². The Kier molecular flexibility index (Phi) is 4.37. The number of nitrogens with one attached hydrogen (secondary N) is 1. The summed E-state index contributed by atoms with van der Waals surface area (Å²) in [5.74, 6) is 0.726. The van der Waals surface area contributed by atoms with Crippen LogP contribution in [-0.2, 0) is 13.1 Å². The van der Waals surface area contributed by atoms with Crippen molar-refractivity contribution in [3.63, 3.8) is 0 Å². The molecule has 0 radical (unpaired) electrons. The second-order valence-electron chi connectivity index (χ2n) is 5.66. The first-order valence-electron chi connectivity index (χ1n) is 7.47. The number of hydrogen-bond acceptors (Lipinski definition) is 5. The van der Waals surface area contributed by atoms with Gasteiger partial charge in [-0.1, -0.05) is 0 Å². The molecule has 3 rings (SSSR count). The van der Waals surface area contributed by atoms with Gasteiger partial charge in [-0.3, -0.25) is 4.68 Å². The molecule has 2 aromatic rings. The van der Waals surface area contributed by atoms with E-state index in [-0.39, 0.29) is 6.61 Å². The number of nitrogens with zero attached hydrogens (tertiary/aromatic N) is 3. The van der Waals surface area contributed by atoms with Gasteiger partial charge >= 0.3 is 0 Å². The minimum atomic E-state index is 0.124. The molecule has 5 nitrogen and oxygen atoms in total. The third kappa shape index (κ3) is 3.17. The Morgan fingerprint density at radius 2 is 2.29 bits per heavy atom. The van der Waals surface area contributed by atoms with E-state index in [9.17, 15) is 0 Å². The van der Waals surface area contributed by atoms with Crippen LogP contribution in [0.1, 0.15) is 40.8 Å². The van der Waals surface area contributed by atoms with Crippen LogP contribution in [-0.4, -0.2) is 26.5 Å². The van der Waals surface area contributed by atoms with Crippen LogP contribution in [0, 0.1) is 19.8 Å². The van der Waals surface area contributed by atoms with Crippen LogP contribution in [0.3, 0.4) is 0 Å². The van der Waals surface area contributed by atoms with E-state index in [1.807, 2.05) is 23.2 Å². The van der Waals surface area contributed by atoms with Crippen molar-refractivity contribution in [2.75, 3.05) is 6.61 Å². The first-order valence-corrected chi connectivity index (χ1v) is 8.35. The fourth-order valence-electron chi connectivity index (χ4n) is 2.79. The highest BCUT2D eigenvalue weighted by Gasteiger charge is 2.33. The summed E-state index contributed by atoms with van der Waals surface area (Å²) in [6.07, 6.45) is 4.46. The molecular formula is C15H22N4OS. The van der Waals surface area contributed by atoms with Crippen LogP contribution in [0.2, 0.25) is 0 Å². The van der Waals surface area contributed by atoms with E-state index < -0.39 is 0 Å². The van der Waals surface area contributed by atoms with Gasteiger partial charge in [-0.2, -0.15) is 5.10 Å². The minimum absolute atomic E-state index is 0.124. The standard InChI is InChI=1S/C15H22N4OS/c1-10-13(11(2)19(18-10)6-7-20)9-17-14(12-3-4-12)15-16-5-8-21-15/h5,8,12,14,17,20H,3-4,6-7,9H2,1-2H3. The van der Waals surface area contributed by atoms with Gasteiger partial charge in [0.15, 0.2) is 0 Å². The molecular weight excluding hydrogens is 284 g/mol. The molecule has 2 N–H and O–H groups in total. The smallest absolute Gasteiger partial charge is 0.110 e. The molecule has 1 atom stereocenters. The monoisotopic (exact) mass is 306 g/mol. The number of aliphatic hydroxyl groups is 1. The second-order valence-corrected chi connectivity index (χ2v) is 6.59. The lowest BCUT2D eigenvalue weighted by Gasteiger charge is -2.16. The third-order valence-electron chi connectivity index (χ3n) is 4.15. The van der Waals surface area contributed by atoms with E-state index in [2.05, 4.69) is 22.3 Å². The van der Waals surface area contributed by atoms with Crippen LogP contribution in [0.25, 0.3) is 0 Å². The molecule has 21 heavy (non-hydrogen) atoms. The molecule has 0 saturated heterocycles. The highest BCUT2D eigenvalue weighted by molar-refractivity contribution is 7.09. The Hall–Kier alpha value is -1.24. The number of thiazole rings is 1. The van der Waals surface area contributed by atoms with Crippen molar-refractivity contribution in [2.24, 2.45) is 5.92 Å². The van der Waals surface area contributed by atoms with Crippen molar-refractivity contribution >= 4 is 11.3 Å². The zero-order valence-corrected chi connectivity index (χ0v) is 13.4. The molecule has 0 amide bonds. The summed E-state index contributed by atoms with van der Waals surface area (Å²) in [6.45, 7) is 5.60. The SMILES string of the molecule is Cc1nn(CCO)c(C)c1CNC(c1nccs1)C1CC1. The Morgan fingerprint density at radius 3 is 2.90 bits per heavy atom. The van der Waals surface area contributed by atoms with Crippen LogP contribution in [0.15, 0.2) is 11.6 Å². The first-order chi connectivity index (χ1) is 10.2. The van der Waals surface area contributed by atoms with Crippen LogP contribution < -0.4 is 5.32 Å². The molecule has 0 bridgehead atoms. The Balaban J connectivity index is 1.71. The lowest BCUT2D eigenvalue weighted by Crippen LogP contribution is -2.23. The molecule has 0 aromatic carbocycles. The first kappa shape index (κ1) is 14.7. The molecule has 1 aliphatic carbocycles. The van der Waals surface area contributed by atoms with Crippen molar-refractivity contribution in [1.82, 2.24) is 20.1 Å². The zero-order chi connectivity index (χ0) is 14.8. The summed E-state index contributed by atoms with van der Waals surface area (Å²) >= 11 is 1.73. The number of aromatic nitrogens is 3. The summed E-state index contributed by atoms with van der Waals surface area (Å²) in [6, 6.07) is 0.366. The van der Waals surface area contributed by atoms with Gasteiger partial charge in [-0.25, -0.2) is 4.98 Å². The quantitative estimate of drug-likeness (QED) is 0.823. The van der Waals surface area contributed by atoms with Crippen molar-refractivity contribution < 1.29 is 5.11 Å². The number of aryl methyl sites for hydroxylation is 1. The summed E-state index contributed by atoms with van der Waals surface area (Å²) < 4.78 is 1.89. The predicted molar refractivity (Wildman–Crippen MR) is 83.2 cm³/mol. The lowest BCUT2D eigenvalue weighted by atomic mass is 10.1. The van der Waals surface area contributed by atoms with Gasteiger partial charge in [-0.15, -0.1) is 11.3 Å². The fourth-order valence-corrected chi connectivity index (χ4v) is 3.59. The predicted octanol–water partition coefficient (Wildman–Crippen LogP) is 2.19. The van der Waals surface area contributed by atoms with E-state index >= 15 is 0 Å². The average Bonchev–Trinajstić information content (AvgIpc) is 3.09. The van der Waals surface area contributed by atoms with Gasteiger partial charge in [0.2, 0.25) is 0 Å². The molecule has 2 heterocycles. The molecule has 1 unspecified atom stereocenters. The molecule has 1 saturated carbocycles. The molecule has 0 aliphatic heterocycles. The van der Waals surface area contributed by atoms with Gasteiger partial charge < -0.3 is 10.4 Å². The Morgan fingerprint density at radius 1 is 1.48 bits per heavy atom. The van der Waals surface area contributed by atoms with E-state index in [0.29, 0.717) is 12.6 Å². The summed E-state index contributed by atoms with van der Waals surface area (Å²) in [5.41, 5.74) is 3.43. The topological polar surface area (TPSA) is 63.0 Å². The van der Waals surface area contributed by atoms with Crippen LogP contribution >= 0.6 is 11.3 Å². The van der Waals surface area contributed by atoms with Gasteiger partial charge in [0.25, 0.3) is 0 Å². The van der Waals surface area contributed by atoms with Crippen molar-refractivity contribution in [1.29, 1.82) is 0 Å². The Bertz CT molecular complexity index is 589. The maximum atomic E-state index is 9.09. The molecule has 0 spiro atoms. The van der Waals surface area contributed by atoms with Gasteiger partial charge in [0.1, 0.15) is 5.01 Å². The normalized spacial score (nSPS) is 16.3. The van der Waals surface area contributed by atoms with Crippen LogP contribution in [0.4, 0.5) is 0 Å². The maximum absolute atomic E-state index is 9.09. The highest BCUT2D eigenvalue weighted by Crippen LogP contribution is 2.41. The van der Waals surface area contributed by atoms with Gasteiger partial charge in [0, 0.05) is 29.4 Å². The highest BCUT2D eigenvalue weighted by atomic mass is 32.1. The average molecular weight is 306 g/mol. The Labute approximate surface area is 129 Å². The summed E-state index contributed by atoms with van der Waals surface area (Å²) in [7, 11) is 0. The van der Waals surface area contributed by atoms with Crippen molar-refractivity contribution in [2.45, 2.75) is 45.8 Å². The largest absolute Gasteiger partial charge is 0.394 e. The van der Waals surface area contributed by atoms with E-state index in [4.69, 9.17) is 5.11 Å². The maximum Gasteiger partial charge on any atom is 0.110 e. The van der Waals surface area contributed by atoms with Crippen molar-refractivity contribution in [3.05, 3.63) is 33.5 Å². The lowest BCUT2D eigenvalue weighted by molar-refractivity contribution is 0.267. The van der Waals surface area contributed by atoms with Crippen molar-refractivity contribution in [3.8, 4) is 0 Å². The molecule has 114 valence electrons.